The number of aromatic nitrogens is 2. The monoisotopic (exact) mass is 303 g/mol. The topological polar surface area (TPSA) is 38.2 Å². The Hall–Kier alpha value is -1.75. The number of rotatable bonds is 3. The lowest BCUT2D eigenvalue weighted by atomic mass is 9.55. The molecule has 1 aliphatic carbocycles. The fraction of sp³-hybridized carbons (Fsp3) is 0.529. The standard InChI is InChI=1S/C17H22FN3O/c1-16(2)14(9-17(16,3)22-5)21(4)15-12-8-11(18)6-7-13(12)19-10-20-15/h6-8,10,14H,9H2,1-5H3. The fourth-order valence-corrected chi connectivity index (χ4v) is 3.52. The zero-order chi connectivity index (χ0) is 16.1. The zero-order valence-corrected chi connectivity index (χ0v) is 13.7. The molecule has 1 aromatic heterocycles. The zero-order valence-electron chi connectivity index (χ0n) is 13.7. The number of nitrogens with zero attached hydrogens (tertiary/aromatic N) is 3. The Morgan fingerprint density at radius 1 is 1.27 bits per heavy atom. The molecule has 2 atom stereocenters. The summed E-state index contributed by atoms with van der Waals surface area (Å²) in [5.41, 5.74) is 0.575. The molecular formula is C17H22FN3O. The molecule has 1 heterocycles. The van der Waals surface area contributed by atoms with Crippen LogP contribution in [0.2, 0.25) is 0 Å². The smallest absolute Gasteiger partial charge is 0.139 e. The Balaban J connectivity index is 2.01. The van der Waals surface area contributed by atoms with Gasteiger partial charge in [0.25, 0.3) is 0 Å². The molecular weight excluding hydrogens is 281 g/mol. The molecule has 2 aromatic rings. The summed E-state index contributed by atoms with van der Waals surface area (Å²) in [5.74, 6) is 0.493. The molecule has 1 aliphatic rings. The predicted octanol–water partition coefficient (Wildman–Crippen LogP) is 3.41. The van der Waals surface area contributed by atoms with Crippen LogP contribution in [0, 0.1) is 11.2 Å². The Kier molecular flexibility index (Phi) is 3.36. The van der Waals surface area contributed by atoms with Crippen LogP contribution in [0.3, 0.4) is 0 Å². The average molecular weight is 303 g/mol. The minimum absolute atomic E-state index is 0.0267. The van der Waals surface area contributed by atoms with Crippen molar-refractivity contribution in [1.82, 2.24) is 9.97 Å². The maximum atomic E-state index is 13.6. The van der Waals surface area contributed by atoms with Gasteiger partial charge in [-0.25, -0.2) is 14.4 Å². The predicted molar refractivity (Wildman–Crippen MR) is 85.5 cm³/mol. The van der Waals surface area contributed by atoms with Crippen LogP contribution in [0.15, 0.2) is 24.5 Å². The third kappa shape index (κ3) is 1.99. The average Bonchev–Trinajstić information content (AvgIpc) is 2.50. The van der Waals surface area contributed by atoms with E-state index >= 15 is 0 Å². The first-order valence-corrected chi connectivity index (χ1v) is 7.48. The van der Waals surface area contributed by atoms with Gasteiger partial charge < -0.3 is 9.64 Å². The highest BCUT2D eigenvalue weighted by molar-refractivity contribution is 5.89. The van der Waals surface area contributed by atoms with E-state index in [4.69, 9.17) is 4.74 Å². The second-order valence-corrected chi connectivity index (χ2v) is 6.85. The van der Waals surface area contributed by atoms with Crippen LogP contribution in [0.4, 0.5) is 10.2 Å². The number of anilines is 1. The molecule has 2 unspecified atom stereocenters. The van der Waals surface area contributed by atoms with Gasteiger partial charge in [0, 0.05) is 31.0 Å². The number of methoxy groups -OCH3 is 1. The number of halogens is 1. The van der Waals surface area contributed by atoms with Crippen LogP contribution in [-0.4, -0.2) is 35.8 Å². The normalized spacial score (nSPS) is 26.7. The Labute approximate surface area is 130 Å². The SMILES string of the molecule is COC1(C)CC(N(C)c2ncnc3ccc(F)cc23)C1(C)C. The number of ether oxygens (including phenoxy) is 1. The van der Waals surface area contributed by atoms with Gasteiger partial charge in [0.2, 0.25) is 0 Å². The summed E-state index contributed by atoms with van der Waals surface area (Å²) in [7, 11) is 3.77. The molecule has 118 valence electrons. The number of benzene rings is 1. The van der Waals surface area contributed by atoms with Crippen molar-refractivity contribution in [2.75, 3.05) is 19.1 Å². The lowest BCUT2D eigenvalue weighted by molar-refractivity contribution is -0.172. The second kappa shape index (κ2) is 4.88. The van der Waals surface area contributed by atoms with Crippen molar-refractivity contribution in [2.45, 2.75) is 38.8 Å². The van der Waals surface area contributed by atoms with E-state index < -0.39 is 0 Å². The van der Waals surface area contributed by atoms with Gasteiger partial charge in [-0.15, -0.1) is 0 Å². The maximum Gasteiger partial charge on any atom is 0.139 e. The molecule has 0 spiro atoms. The van der Waals surface area contributed by atoms with Crippen LogP contribution in [0.25, 0.3) is 10.9 Å². The molecule has 0 radical (unpaired) electrons. The summed E-state index contributed by atoms with van der Waals surface area (Å²) in [4.78, 5) is 10.7. The van der Waals surface area contributed by atoms with Gasteiger partial charge in [-0.05, 0) is 31.5 Å². The summed E-state index contributed by atoms with van der Waals surface area (Å²) < 4.78 is 19.3. The van der Waals surface area contributed by atoms with Crippen LogP contribution in [0.5, 0.6) is 0 Å². The van der Waals surface area contributed by atoms with Crippen molar-refractivity contribution >= 4 is 16.7 Å². The third-order valence-corrected chi connectivity index (χ3v) is 5.61. The Morgan fingerprint density at radius 2 is 2.00 bits per heavy atom. The van der Waals surface area contributed by atoms with Crippen LogP contribution >= 0.6 is 0 Å². The van der Waals surface area contributed by atoms with E-state index in [9.17, 15) is 4.39 Å². The molecule has 1 aromatic carbocycles. The van der Waals surface area contributed by atoms with E-state index in [1.807, 2.05) is 7.05 Å². The van der Waals surface area contributed by atoms with E-state index in [2.05, 4.69) is 35.6 Å². The number of hydrogen-bond acceptors (Lipinski definition) is 4. The summed E-state index contributed by atoms with van der Waals surface area (Å²) in [6, 6.07) is 4.89. The minimum atomic E-state index is -0.272. The summed E-state index contributed by atoms with van der Waals surface area (Å²) >= 11 is 0. The molecule has 0 saturated heterocycles. The van der Waals surface area contributed by atoms with Gasteiger partial charge in [0.15, 0.2) is 0 Å². The molecule has 3 rings (SSSR count). The van der Waals surface area contributed by atoms with Gasteiger partial charge in [-0.3, -0.25) is 0 Å². The van der Waals surface area contributed by atoms with Gasteiger partial charge in [0.05, 0.1) is 11.1 Å². The van der Waals surface area contributed by atoms with Crippen molar-refractivity contribution in [3.05, 3.63) is 30.3 Å². The van der Waals surface area contributed by atoms with Crippen LogP contribution in [0.1, 0.15) is 27.2 Å². The second-order valence-electron chi connectivity index (χ2n) is 6.85. The van der Waals surface area contributed by atoms with E-state index in [0.717, 1.165) is 23.1 Å². The number of hydrogen-bond donors (Lipinski definition) is 0. The molecule has 1 fully saturated rings. The molecule has 22 heavy (non-hydrogen) atoms. The van der Waals surface area contributed by atoms with E-state index in [0.29, 0.717) is 0 Å². The largest absolute Gasteiger partial charge is 0.378 e. The molecule has 1 saturated carbocycles. The van der Waals surface area contributed by atoms with Crippen molar-refractivity contribution in [1.29, 1.82) is 0 Å². The van der Waals surface area contributed by atoms with Crippen molar-refractivity contribution in [2.24, 2.45) is 5.41 Å². The lowest BCUT2D eigenvalue weighted by Crippen LogP contribution is -2.68. The minimum Gasteiger partial charge on any atom is -0.378 e. The van der Waals surface area contributed by atoms with Crippen LogP contribution < -0.4 is 4.90 Å². The first kappa shape index (κ1) is 15.2. The molecule has 5 heteroatoms. The highest BCUT2D eigenvalue weighted by Gasteiger charge is 2.59. The fourth-order valence-electron chi connectivity index (χ4n) is 3.52. The summed E-state index contributed by atoms with van der Waals surface area (Å²) in [5, 5.41) is 0.742. The van der Waals surface area contributed by atoms with Crippen molar-refractivity contribution in [3.8, 4) is 0 Å². The number of fused-ring (bicyclic) bond motifs is 1. The molecule has 4 nitrogen and oxygen atoms in total. The third-order valence-electron chi connectivity index (χ3n) is 5.61. The van der Waals surface area contributed by atoms with Gasteiger partial charge in [-0.1, -0.05) is 13.8 Å². The Morgan fingerprint density at radius 3 is 2.64 bits per heavy atom. The van der Waals surface area contributed by atoms with Gasteiger partial charge in [0.1, 0.15) is 18.0 Å². The quantitative estimate of drug-likeness (QED) is 0.871. The highest BCUT2D eigenvalue weighted by Crippen LogP contribution is 2.54. The Bertz CT molecular complexity index is 718. The van der Waals surface area contributed by atoms with Crippen LogP contribution in [-0.2, 0) is 4.74 Å². The molecule has 0 bridgehead atoms. The van der Waals surface area contributed by atoms with E-state index in [1.165, 1.54) is 18.5 Å². The maximum absolute atomic E-state index is 13.6. The summed E-state index contributed by atoms with van der Waals surface area (Å²) in [6.07, 6.45) is 2.45. The van der Waals surface area contributed by atoms with Crippen molar-refractivity contribution in [3.63, 3.8) is 0 Å². The van der Waals surface area contributed by atoms with Crippen molar-refractivity contribution < 1.29 is 9.13 Å². The van der Waals surface area contributed by atoms with E-state index in [-0.39, 0.29) is 22.9 Å². The van der Waals surface area contributed by atoms with Gasteiger partial charge >= 0.3 is 0 Å². The first-order chi connectivity index (χ1) is 10.3. The molecule has 0 N–H and O–H groups in total. The molecule has 0 aliphatic heterocycles. The lowest BCUT2D eigenvalue weighted by Gasteiger charge is -2.61. The molecule has 0 amide bonds. The first-order valence-electron chi connectivity index (χ1n) is 7.48. The van der Waals surface area contributed by atoms with E-state index in [1.54, 1.807) is 13.2 Å². The van der Waals surface area contributed by atoms with Gasteiger partial charge in [-0.2, -0.15) is 0 Å². The summed E-state index contributed by atoms with van der Waals surface area (Å²) in [6.45, 7) is 6.53. The highest BCUT2D eigenvalue weighted by atomic mass is 19.1.